The van der Waals surface area contributed by atoms with Crippen molar-refractivity contribution in [1.82, 2.24) is 4.90 Å². The molecule has 0 spiro atoms. The lowest BCUT2D eigenvalue weighted by Gasteiger charge is -2.14. The molecule has 0 aliphatic heterocycles. The highest BCUT2D eigenvalue weighted by Crippen LogP contribution is 2.39. The normalized spacial score (nSPS) is 12.3. The number of sulfonamides is 1. The van der Waals surface area contributed by atoms with Gasteiger partial charge in [0.2, 0.25) is 10.0 Å². The summed E-state index contributed by atoms with van der Waals surface area (Å²) in [5.41, 5.74) is 0.702. The Morgan fingerprint density at radius 1 is 1.02 bits per heavy atom. The van der Waals surface area contributed by atoms with E-state index >= 15 is 0 Å². The van der Waals surface area contributed by atoms with E-state index in [2.05, 4.69) is 22.5 Å². The molecule has 1 aromatic heterocycles. The zero-order valence-corrected chi connectivity index (χ0v) is 23.0. The lowest BCUT2D eigenvalue weighted by molar-refractivity contribution is -0.153. The number of ether oxygens (including phenoxy) is 1. The van der Waals surface area contributed by atoms with Gasteiger partial charge < -0.3 is 20.3 Å². The van der Waals surface area contributed by atoms with Crippen molar-refractivity contribution in [3.05, 3.63) is 46.8 Å². The van der Waals surface area contributed by atoms with Crippen LogP contribution in [-0.4, -0.2) is 66.0 Å². The van der Waals surface area contributed by atoms with E-state index in [1.807, 2.05) is 19.0 Å². The van der Waals surface area contributed by atoms with Gasteiger partial charge in [-0.2, -0.15) is 26.3 Å². The predicted octanol–water partition coefficient (Wildman–Crippen LogP) is 5.03. The van der Waals surface area contributed by atoms with Gasteiger partial charge in [-0.3, -0.25) is 0 Å². The number of alkyl halides is 6. The van der Waals surface area contributed by atoms with Crippen molar-refractivity contribution in [3.63, 3.8) is 0 Å². The summed E-state index contributed by atoms with van der Waals surface area (Å²) in [4.78, 5) is 1.70. The van der Waals surface area contributed by atoms with Crippen LogP contribution >= 0.6 is 11.3 Å². The van der Waals surface area contributed by atoms with Crippen LogP contribution < -0.4 is 20.5 Å². The van der Waals surface area contributed by atoms with Crippen LogP contribution in [-0.2, 0) is 16.4 Å². The number of rotatable bonds is 10. The van der Waals surface area contributed by atoms with Crippen LogP contribution in [0.1, 0.15) is 10.4 Å². The fourth-order valence-electron chi connectivity index (χ4n) is 3.57. The van der Waals surface area contributed by atoms with Gasteiger partial charge in [-0.25, -0.2) is 13.6 Å². The second-order valence-electron chi connectivity index (χ2n) is 8.88. The van der Waals surface area contributed by atoms with Gasteiger partial charge in [0.25, 0.3) is 0 Å². The maximum Gasteiger partial charge on any atom is 0.422 e. The molecule has 15 heteroatoms. The number of anilines is 2. The largest absolute Gasteiger partial charge is 0.482 e. The molecular formula is C25H26F6N4O3S2. The molecule has 7 nitrogen and oxygen atoms in total. The molecule has 40 heavy (non-hydrogen) atoms. The first-order valence-corrected chi connectivity index (χ1v) is 14.0. The van der Waals surface area contributed by atoms with Crippen LogP contribution in [0.3, 0.4) is 0 Å². The lowest BCUT2D eigenvalue weighted by atomic mass is 10.1. The van der Waals surface area contributed by atoms with Crippen LogP contribution in [0, 0.1) is 11.8 Å². The molecule has 3 rings (SSSR count). The van der Waals surface area contributed by atoms with Crippen LogP contribution in [0.2, 0.25) is 0 Å². The first-order chi connectivity index (χ1) is 18.5. The first kappa shape index (κ1) is 31.3. The zero-order chi connectivity index (χ0) is 29.7. The minimum Gasteiger partial charge on any atom is -0.482 e. The minimum absolute atomic E-state index is 0.00909. The van der Waals surface area contributed by atoms with Crippen molar-refractivity contribution >= 4 is 42.8 Å². The first-order valence-electron chi connectivity index (χ1n) is 11.6. The summed E-state index contributed by atoms with van der Waals surface area (Å²) >= 11 is 1.11. The van der Waals surface area contributed by atoms with Crippen molar-refractivity contribution in [2.45, 2.75) is 23.7 Å². The van der Waals surface area contributed by atoms with E-state index in [4.69, 9.17) is 9.88 Å². The van der Waals surface area contributed by atoms with Gasteiger partial charge >= 0.3 is 12.4 Å². The maximum atomic E-state index is 13.4. The molecule has 2 aromatic carbocycles. The van der Waals surface area contributed by atoms with Gasteiger partial charge in [-0.05, 0) is 43.2 Å². The van der Waals surface area contributed by atoms with Crippen LogP contribution in [0.5, 0.6) is 5.75 Å². The van der Waals surface area contributed by atoms with Crippen molar-refractivity contribution in [3.8, 4) is 17.6 Å². The third kappa shape index (κ3) is 9.19. The van der Waals surface area contributed by atoms with E-state index in [0.717, 1.165) is 29.5 Å². The molecule has 0 radical (unpaired) electrons. The van der Waals surface area contributed by atoms with Gasteiger partial charge in [0.1, 0.15) is 5.75 Å². The van der Waals surface area contributed by atoms with E-state index in [1.165, 1.54) is 0 Å². The van der Waals surface area contributed by atoms with E-state index in [-0.39, 0.29) is 22.7 Å². The smallest absolute Gasteiger partial charge is 0.422 e. The summed E-state index contributed by atoms with van der Waals surface area (Å²) in [6.07, 6.45) is -10.4. The molecule has 4 N–H and O–H groups in total. The molecule has 0 saturated carbocycles. The monoisotopic (exact) mass is 608 g/mol. The summed E-state index contributed by atoms with van der Waals surface area (Å²) in [6, 6.07) is 8.12. The van der Waals surface area contributed by atoms with Crippen LogP contribution in [0.4, 0.5) is 37.7 Å². The number of halogens is 6. The van der Waals surface area contributed by atoms with E-state index in [1.54, 1.807) is 18.2 Å². The third-order valence-corrected chi connectivity index (χ3v) is 7.42. The summed E-state index contributed by atoms with van der Waals surface area (Å²) in [6.45, 7) is -0.589. The Labute approximate surface area is 231 Å². The number of nitrogens with zero attached hydrogens (tertiary/aromatic N) is 1. The number of benzene rings is 2. The SMILES string of the molecule is CN(C)CCNc1cccc2c(CC(F)(F)F)c(C#CCNc3ccc(S(N)(=O)=O)cc3OCC(F)(F)F)sc12. The average Bonchev–Trinajstić information content (AvgIpc) is 3.16. The summed E-state index contributed by atoms with van der Waals surface area (Å²) < 4.78 is 107. The molecule has 0 fully saturated rings. The number of nitrogens with one attached hydrogen (secondary N) is 2. The van der Waals surface area contributed by atoms with Gasteiger partial charge in [0, 0.05) is 19.2 Å². The highest BCUT2D eigenvalue weighted by molar-refractivity contribution is 7.89. The Morgan fingerprint density at radius 3 is 2.38 bits per heavy atom. The van der Waals surface area contributed by atoms with E-state index < -0.39 is 46.0 Å². The molecule has 0 atom stereocenters. The highest BCUT2D eigenvalue weighted by Gasteiger charge is 2.31. The number of likely N-dealkylation sites (N-methyl/N-ethyl adjacent to an activating group) is 1. The molecule has 0 bridgehead atoms. The summed E-state index contributed by atoms with van der Waals surface area (Å²) in [7, 11) is -0.420. The Hall–Kier alpha value is -3.19. The van der Waals surface area contributed by atoms with Gasteiger partial charge in [-0.1, -0.05) is 24.0 Å². The molecule has 1 heterocycles. The van der Waals surface area contributed by atoms with Crippen molar-refractivity contribution in [1.29, 1.82) is 0 Å². The number of primary sulfonamides is 1. The lowest BCUT2D eigenvalue weighted by Crippen LogP contribution is -2.20. The maximum absolute atomic E-state index is 13.4. The second kappa shape index (κ2) is 12.5. The Bertz CT molecular complexity index is 1510. The van der Waals surface area contributed by atoms with E-state index in [9.17, 15) is 34.8 Å². The average molecular weight is 609 g/mol. The van der Waals surface area contributed by atoms with Gasteiger partial charge in [0.15, 0.2) is 6.61 Å². The number of fused-ring (bicyclic) bond motifs is 1. The Morgan fingerprint density at radius 2 is 1.75 bits per heavy atom. The molecule has 0 saturated heterocycles. The fourth-order valence-corrected chi connectivity index (χ4v) is 5.28. The van der Waals surface area contributed by atoms with Gasteiger partial charge in [0.05, 0.1) is 38.8 Å². The number of hydrogen-bond acceptors (Lipinski definition) is 7. The van der Waals surface area contributed by atoms with Crippen molar-refractivity contribution in [2.24, 2.45) is 5.14 Å². The number of nitrogens with two attached hydrogens (primary N) is 1. The quantitative estimate of drug-likeness (QED) is 0.221. The molecular weight excluding hydrogens is 582 g/mol. The number of hydrogen-bond donors (Lipinski definition) is 3. The zero-order valence-electron chi connectivity index (χ0n) is 21.3. The minimum atomic E-state index is -4.69. The third-order valence-electron chi connectivity index (χ3n) is 5.31. The number of thiophene rings is 1. The van der Waals surface area contributed by atoms with Crippen LogP contribution in [0.15, 0.2) is 41.3 Å². The molecule has 0 amide bonds. The molecule has 218 valence electrons. The standard InChI is InChI=1S/C25H26F6N4O3S2/c1-35(2)12-11-34-20-6-3-5-17-18(14-24(26,27)28)22(39-23(17)20)7-4-10-33-19-9-8-16(40(32,36)37)13-21(19)38-15-25(29,30)31/h3,5-6,8-9,13,33-34H,10-12,14-15H2,1-2H3,(H2,32,36,37). The fraction of sp³-hybridized carbons (Fsp3) is 0.360. The Balaban J connectivity index is 1.89. The van der Waals surface area contributed by atoms with Crippen LogP contribution in [0.25, 0.3) is 10.1 Å². The Kier molecular flexibility index (Phi) is 9.83. The summed E-state index contributed by atoms with van der Waals surface area (Å²) in [5.74, 6) is 5.00. The van der Waals surface area contributed by atoms with Crippen molar-refractivity contribution < 1.29 is 39.5 Å². The summed E-state index contributed by atoms with van der Waals surface area (Å²) in [5, 5.41) is 11.4. The highest BCUT2D eigenvalue weighted by atomic mass is 32.2. The topological polar surface area (TPSA) is 96.7 Å². The predicted molar refractivity (Wildman–Crippen MR) is 143 cm³/mol. The molecule has 0 aliphatic rings. The van der Waals surface area contributed by atoms with E-state index in [0.29, 0.717) is 28.9 Å². The molecule has 3 aromatic rings. The van der Waals surface area contributed by atoms with Crippen molar-refractivity contribution in [2.75, 3.05) is 51.0 Å². The second-order valence-corrected chi connectivity index (χ2v) is 11.5. The van der Waals surface area contributed by atoms with Gasteiger partial charge in [-0.15, -0.1) is 11.3 Å². The molecule has 0 aliphatic carbocycles. The molecule has 0 unspecified atom stereocenters.